The molecule has 0 radical (unpaired) electrons. The third kappa shape index (κ3) is 3.37. The number of halogens is 1. The summed E-state index contributed by atoms with van der Waals surface area (Å²) in [4.78, 5) is 37.5. The predicted octanol–water partition coefficient (Wildman–Crippen LogP) is 2.21. The Morgan fingerprint density at radius 3 is 2.25 bits per heavy atom. The molecule has 3 rings (SSSR count). The van der Waals surface area contributed by atoms with Crippen LogP contribution < -0.4 is 0 Å². The minimum Gasteiger partial charge on any atom is -0.461 e. The summed E-state index contributed by atoms with van der Waals surface area (Å²) in [5, 5.41) is 0. The summed E-state index contributed by atoms with van der Waals surface area (Å²) >= 11 is 0. The summed E-state index contributed by atoms with van der Waals surface area (Å²) in [5.41, 5.74) is 0.676. The molecule has 5 nitrogen and oxygen atoms in total. The first-order valence-corrected chi connectivity index (χ1v) is 7.96. The van der Waals surface area contributed by atoms with Crippen LogP contribution in [0.1, 0.15) is 24.8 Å². The number of likely N-dealkylation sites (tertiary alicyclic amines) is 1. The number of hydrogen-bond donors (Lipinski definition) is 0. The van der Waals surface area contributed by atoms with Gasteiger partial charge in [-0.2, -0.15) is 0 Å². The first-order valence-electron chi connectivity index (χ1n) is 7.96. The maximum absolute atomic E-state index is 12.8. The van der Waals surface area contributed by atoms with Gasteiger partial charge in [-0.25, -0.2) is 4.39 Å². The third-order valence-electron chi connectivity index (χ3n) is 4.45. The number of carbonyl (C=O) groups is 3. The molecule has 2 amide bonds. The molecular formula is C18H18FNO4. The zero-order chi connectivity index (χ0) is 17.1. The van der Waals surface area contributed by atoms with E-state index in [2.05, 4.69) is 0 Å². The molecule has 1 fully saturated rings. The maximum atomic E-state index is 12.8. The molecule has 1 saturated heterocycles. The summed E-state index contributed by atoms with van der Waals surface area (Å²) in [7, 11) is 0. The molecule has 0 saturated carbocycles. The largest absolute Gasteiger partial charge is 0.461 e. The highest BCUT2D eigenvalue weighted by Crippen LogP contribution is 2.34. The van der Waals surface area contributed by atoms with Crippen molar-refractivity contribution in [2.24, 2.45) is 11.8 Å². The number of rotatable bonds is 5. The van der Waals surface area contributed by atoms with Gasteiger partial charge in [0.05, 0.1) is 18.3 Å². The molecule has 6 heteroatoms. The van der Waals surface area contributed by atoms with Gasteiger partial charge >= 0.3 is 5.97 Å². The van der Waals surface area contributed by atoms with Crippen LogP contribution >= 0.6 is 0 Å². The van der Waals surface area contributed by atoms with E-state index >= 15 is 0 Å². The Hall–Kier alpha value is -2.50. The molecule has 1 aliphatic carbocycles. The zero-order valence-corrected chi connectivity index (χ0v) is 13.1. The van der Waals surface area contributed by atoms with Crippen molar-refractivity contribution in [3.63, 3.8) is 0 Å². The smallest absolute Gasteiger partial charge is 0.307 e. The van der Waals surface area contributed by atoms with Crippen molar-refractivity contribution in [3.05, 3.63) is 47.8 Å². The second-order valence-electron chi connectivity index (χ2n) is 6.02. The van der Waals surface area contributed by atoms with Crippen molar-refractivity contribution in [1.29, 1.82) is 0 Å². The fraction of sp³-hybridized carbons (Fsp3) is 0.389. The minimum absolute atomic E-state index is 0.0362. The lowest BCUT2D eigenvalue weighted by molar-refractivity contribution is -0.146. The summed E-state index contributed by atoms with van der Waals surface area (Å²) in [6, 6.07) is 5.66. The average Bonchev–Trinajstić information content (AvgIpc) is 2.84. The Morgan fingerprint density at radius 2 is 1.67 bits per heavy atom. The maximum Gasteiger partial charge on any atom is 0.307 e. The van der Waals surface area contributed by atoms with Crippen molar-refractivity contribution < 1.29 is 23.5 Å². The molecule has 0 spiro atoms. The molecular weight excluding hydrogens is 313 g/mol. The summed E-state index contributed by atoms with van der Waals surface area (Å²) in [6.07, 6.45) is 4.98. The number of ether oxygens (including phenoxy) is 1. The monoisotopic (exact) mass is 331 g/mol. The van der Waals surface area contributed by atoms with Gasteiger partial charge in [-0.3, -0.25) is 19.3 Å². The van der Waals surface area contributed by atoms with E-state index in [1.54, 1.807) is 0 Å². The van der Waals surface area contributed by atoms with E-state index in [1.807, 2.05) is 12.2 Å². The Kier molecular flexibility index (Phi) is 4.74. The normalized spacial score (nSPS) is 22.6. The van der Waals surface area contributed by atoms with E-state index in [4.69, 9.17) is 4.74 Å². The number of nitrogens with zero attached hydrogens (tertiary/aromatic N) is 1. The molecule has 0 aromatic heterocycles. The van der Waals surface area contributed by atoms with Crippen molar-refractivity contribution in [1.82, 2.24) is 4.90 Å². The van der Waals surface area contributed by atoms with Gasteiger partial charge in [0.2, 0.25) is 11.8 Å². The van der Waals surface area contributed by atoms with Gasteiger partial charge in [-0.05, 0) is 30.5 Å². The van der Waals surface area contributed by atoms with Gasteiger partial charge in [-0.1, -0.05) is 24.3 Å². The van der Waals surface area contributed by atoms with Gasteiger partial charge in [0.15, 0.2) is 0 Å². The summed E-state index contributed by atoms with van der Waals surface area (Å²) in [6.45, 7) is 0.0864. The SMILES string of the molecule is O=C(CCN1C(=O)[C@@H]2CC=CC[C@H]2C1=O)OCc1ccc(F)cc1. The highest BCUT2D eigenvalue weighted by atomic mass is 19.1. The fourth-order valence-electron chi connectivity index (χ4n) is 3.11. The van der Waals surface area contributed by atoms with Crippen molar-refractivity contribution in [2.75, 3.05) is 6.54 Å². The minimum atomic E-state index is -0.493. The molecule has 126 valence electrons. The molecule has 24 heavy (non-hydrogen) atoms. The molecule has 2 atom stereocenters. The van der Waals surface area contributed by atoms with E-state index in [9.17, 15) is 18.8 Å². The number of carbonyl (C=O) groups excluding carboxylic acids is 3. The first-order chi connectivity index (χ1) is 11.6. The second kappa shape index (κ2) is 6.95. The van der Waals surface area contributed by atoms with Crippen LogP contribution in [0.5, 0.6) is 0 Å². The molecule has 2 aliphatic rings. The first kappa shape index (κ1) is 16.4. The van der Waals surface area contributed by atoms with E-state index in [1.165, 1.54) is 29.2 Å². The standard InChI is InChI=1S/C18H18FNO4/c19-13-7-5-12(6-8-13)11-24-16(21)9-10-20-17(22)14-3-1-2-4-15(14)18(20)23/h1-2,5-8,14-15H,3-4,9-11H2/t14-,15-/m1/s1. The van der Waals surface area contributed by atoms with Crippen LogP contribution in [0.15, 0.2) is 36.4 Å². The number of fused-ring (bicyclic) bond motifs is 1. The van der Waals surface area contributed by atoms with Crippen LogP contribution in [0.25, 0.3) is 0 Å². The molecule has 0 unspecified atom stereocenters. The lowest BCUT2D eigenvalue weighted by Crippen LogP contribution is -2.33. The Balaban J connectivity index is 1.48. The van der Waals surface area contributed by atoms with Crippen LogP contribution in [-0.4, -0.2) is 29.2 Å². The van der Waals surface area contributed by atoms with E-state index in [0.717, 1.165) is 0 Å². The summed E-state index contributed by atoms with van der Waals surface area (Å²) in [5.74, 6) is -1.79. The Bertz CT molecular complexity index is 657. The highest BCUT2D eigenvalue weighted by molar-refractivity contribution is 6.05. The average molecular weight is 331 g/mol. The topological polar surface area (TPSA) is 63.7 Å². The van der Waals surface area contributed by atoms with Crippen LogP contribution in [0.4, 0.5) is 4.39 Å². The van der Waals surface area contributed by atoms with Crippen molar-refractivity contribution in [3.8, 4) is 0 Å². The Morgan fingerprint density at radius 1 is 1.08 bits per heavy atom. The van der Waals surface area contributed by atoms with Gasteiger partial charge < -0.3 is 4.74 Å². The van der Waals surface area contributed by atoms with Crippen LogP contribution in [0, 0.1) is 17.7 Å². The predicted molar refractivity (Wildman–Crippen MR) is 82.9 cm³/mol. The van der Waals surface area contributed by atoms with Crippen LogP contribution in [0.2, 0.25) is 0 Å². The fourth-order valence-corrected chi connectivity index (χ4v) is 3.11. The lowest BCUT2D eigenvalue weighted by Gasteiger charge is -2.14. The van der Waals surface area contributed by atoms with Gasteiger partial charge in [-0.15, -0.1) is 0 Å². The molecule has 1 aliphatic heterocycles. The molecule has 1 aromatic rings. The lowest BCUT2D eigenvalue weighted by atomic mass is 9.85. The number of allylic oxidation sites excluding steroid dienone is 2. The van der Waals surface area contributed by atoms with Crippen molar-refractivity contribution >= 4 is 17.8 Å². The number of imide groups is 1. The summed E-state index contributed by atoms with van der Waals surface area (Å²) < 4.78 is 17.9. The quantitative estimate of drug-likeness (QED) is 0.471. The number of hydrogen-bond acceptors (Lipinski definition) is 4. The zero-order valence-electron chi connectivity index (χ0n) is 13.1. The van der Waals surface area contributed by atoms with Crippen molar-refractivity contribution in [2.45, 2.75) is 25.9 Å². The third-order valence-corrected chi connectivity index (χ3v) is 4.45. The molecule has 1 aromatic carbocycles. The number of benzene rings is 1. The number of amides is 2. The van der Waals surface area contributed by atoms with E-state index in [-0.39, 0.29) is 49.0 Å². The highest BCUT2D eigenvalue weighted by Gasteiger charge is 2.46. The van der Waals surface area contributed by atoms with Gasteiger partial charge in [0, 0.05) is 6.54 Å². The molecule has 0 N–H and O–H groups in total. The van der Waals surface area contributed by atoms with E-state index < -0.39 is 5.97 Å². The number of esters is 1. The van der Waals surface area contributed by atoms with Crippen LogP contribution in [0.3, 0.4) is 0 Å². The second-order valence-corrected chi connectivity index (χ2v) is 6.02. The van der Waals surface area contributed by atoms with E-state index in [0.29, 0.717) is 18.4 Å². The van der Waals surface area contributed by atoms with Crippen LogP contribution in [-0.2, 0) is 25.7 Å². The molecule has 0 bridgehead atoms. The molecule has 1 heterocycles. The van der Waals surface area contributed by atoms with Gasteiger partial charge in [0.25, 0.3) is 0 Å². The van der Waals surface area contributed by atoms with Gasteiger partial charge in [0.1, 0.15) is 12.4 Å². The Labute approximate surface area is 139 Å².